The van der Waals surface area contributed by atoms with Gasteiger partial charge in [0, 0.05) is 71.1 Å². The third-order valence-corrected chi connectivity index (χ3v) is 16.5. The van der Waals surface area contributed by atoms with E-state index in [1.165, 1.54) is 75.5 Å². The molecule has 2 aliphatic heterocycles. The summed E-state index contributed by atoms with van der Waals surface area (Å²) in [5, 5.41) is 7.20. The van der Waals surface area contributed by atoms with E-state index in [2.05, 4.69) is 262 Å². The number of thiophene rings is 1. The van der Waals surface area contributed by atoms with Crippen molar-refractivity contribution in [2.45, 2.75) is 52.4 Å². The molecule has 0 saturated carbocycles. The minimum Gasteiger partial charge on any atom is -0.454 e. The molecule has 0 amide bonds. The summed E-state index contributed by atoms with van der Waals surface area (Å²) in [6.45, 7) is 13.7. The van der Waals surface area contributed by atoms with Gasteiger partial charge >= 0.3 is 0 Å². The van der Waals surface area contributed by atoms with E-state index in [4.69, 9.17) is 4.42 Å². The maximum Gasteiger partial charge on any atom is 0.252 e. The van der Waals surface area contributed by atoms with Crippen molar-refractivity contribution in [3.63, 3.8) is 0 Å². The predicted molar refractivity (Wildman–Crippen MR) is 310 cm³/mol. The zero-order valence-electron chi connectivity index (χ0n) is 41.4. The summed E-state index contributed by atoms with van der Waals surface area (Å²) < 4.78 is 9.45. The molecule has 72 heavy (non-hydrogen) atoms. The van der Waals surface area contributed by atoms with Crippen LogP contribution in [0.1, 0.15) is 52.7 Å². The summed E-state index contributed by atoms with van der Waals surface area (Å²) in [6, 6.07) is 77.1. The SMILES string of the molecule is CC(C)(C)c1ccc(N2c3cc(N(c4ccc5ccccc5c4)c4cccc5c4oc4ccccc45)ccc3B3c4cc5c(cc4N(c4ccc(C(C)(C)C)cc4)c4cccc2c43)sc2ccccc25)cc1. The highest BCUT2D eigenvalue weighted by atomic mass is 32.1. The lowest BCUT2D eigenvalue weighted by atomic mass is 9.33. The normalized spacial score (nSPS) is 13.3. The number of para-hydroxylation sites is 2. The lowest BCUT2D eigenvalue weighted by molar-refractivity contribution is 0.590. The second-order valence-electron chi connectivity index (χ2n) is 21.8. The lowest BCUT2D eigenvalue weighted by Gasteiger charge is -2.44. The smallest absolute Gasteiger partial charge is 0.252 e. The second kappa shape index (κ2) is 15.7. The van der Waals surface area contributed by atoms with Crippen molar-refractivity contribution in [3.05, 3.63) is 217 Å². The first kappa shape index (κ1) is 42.8. The summed E-state index contributed by atoms with van der Waals surface area (Å²) >= 11 is 1.89. The Morgan fingerprint density at radius 3 is 1.72 bits per heavy atom. The van der Waals surface area contributed by atoms with E-state index in [0.717, 1.165) is 56.1 Å². The third-order valence-electron chi connectivity index (χ3n) is 15.3. The van der Waals surface area contributed by atoms with Gasteiger partial charge in [0.15, 0.2) is 5.58 Å². The predicted octanol–water partition coefficient (Wildman–Crippen LogP) is 17.3. The minimum atomic E-state index is -0.0542. The van der Waals surface area contributed by atoms with Crippen LogP contribution in [0.25, 0.3) is 52.9 Å². The number of benzene rings is 10. The Morgan fingerprint density at radius 1 is 0.431 bits per heavy atom. The third kappa shape index (κ3) is 6.58. The molecule has 4 heterocycles. The van der Waals surface area contributed by atoms with Crippen LogP contribution < -0.4 is 31.1 Å². The number of hydrogen-bond donors (Lipinski definition) is 0. The van der Waals surface area contributed by atoms with E-state index >= 15 is 0 Å². The van der Waals surface area contributed by atoms with Crippen molar-refractivity contribution >= 4 is 139 Å². The average Bonchev–Trinajstić information content (AvgIpc) is 3.97. The van der Waals surface area contributed by atoms with Gasteiger partial charge in [-0.2, -0.15) is 0 Å². The molecule has 0 saturated heterocycles. The van der Waals surface area contributed by atoms with Gasteiger partial charge in [-0.05, 0) is 139 Å². The highest BCUT2D eigenvalue weighted by Crippen LogP contribution is 2.49. The topological polar surface area (TPSA) is 22.9 Å². The van der Waals surface area contributed by atoms with Gasteiger partial charge in [-0.1, -0.05) is 163 Å². The second-order valence-corrected chi connectivity index (χ2v) is 22.9. The van der Waals surface area contributed by atoms with Crippen LogP contribution in [-0.2, 0) is 10.8 Å². The number of hydrogen-bond acceptors (Lipinski definition) is 5. The van der Waals surface area contributed by atoms with Crippen LogP contribution in [0.5, 0.6) is 0 Å². The number of nitrogens with zero attached hydrogens (tertiary/aromatic N) is 3. The molecule has 2 aromatic heterocycles. The van der Waals surface area contributed by atoms with E-state index in [1.54, 1.807) is 0 Å². The first-order chi connectivity index (χ1) is 35.0. The Morgan fingerprint density at radius 2 is 1.01 bits per heavy atom. The summed E-state index contributed by atoms with van der Waals surface area (Å²) in [5.41, 5.74) is 18.4. The van der Waals surface area contributed by atoms with Crippen molar-refractivity contribution < 1.29 is 4.42 Å². The van der Waals surface area contributed by atoms with Crippen molar-refractivity contribution in [2.24, 2.45) is 0 Å². The van der Waals surface area contributed by atoms with Gasteiger partial charge < -0.3 is 19.1 Å². The monoisotopic (exact) mass is 945 g/mol. The minimum absolute atomic E-state index is 0.00442. The molecule has 4 nitrogen and oxygen atoms in total. The van der Waals surface area contributed by atoms with Crippen LogP contribution in [0.15, 0.2) is 211 Å². The van der Waals surface area contributed by atoms with Crippen LogP contribution in [0.3, 0.4) is 0 Å². The molecule has 0 fully saturated rings. The van der Waals surface area contributed by atoms with Crippen LogP contribution in [0.2, 0.25) is 0 Å². The molecule has 10 aromatic carbocycles. The maximum absolute atomic E-state index is 6.85. The maximum atomic E-state index is 6.85. The largest absolute Gasteiger partial charge is 0.454 e. The Balaban J connectivity index is 1.05. The van der Waals surface area contributed by atoms with Gasteiger partial charge in [0.25, 0.3) is 6.71 Å². The summed E-state index contributed by atoms with van der Waals surface area (Å²) in [5.74, 6) is 0. The molecule has 0 N–H and O–H groups in total. The Hall–Kier alpha value is -8.06. The highest BCUT2D eigenvalue weighted by Gasteiger charge is 2.44. The molecule has 2 aliphatic rings. The zero-order chi connectivity index (χ0) is 48.6. The first-order valence-corrected chi connectivity index (χ1v) is 26.0. The Labute approximate surface area is 425 Å². The van der Waals surface area contributed by atoms with Crippen LogP contribution in [0, 0.1) is 0 Å². The standard InChI is InChI=1S/C66H52BN3OS/c1-65(2,3)43-26-31-45(32-27-43)69-55-20-14-21-56-63(55)67(54-39-52-50-18-10-12-24-61(50)72-62(52)40-59(54)70(56)46-33-28-44(29-34-46)66(4,5)6)53-36-35-48(38-58(53)69)68(47-30-25-41-15-7-8-16-42(41)37-47)57-22-13-19-51-49-17-9-11-23-60(49)71-64(51)57/h7-40H,1-6H3. The first-order valence-electron chi connectivity index (χ1n) is 25.2. The fraction of sp³-hybridized carbons (Fsp3) is 0.121. The van der Waals surface area contributed by atoms with Gasteiger partial charge in [-0.3, -0.25) is 0 Å². The Bertz CT molecular complexity index is 4150. The fourth-order valence-electron chi connectivity index (χ4n) is 11.7. The van der Waals surface area contributed by atoms with Gasteiger partial charge in [0.1, 0.15) is 5.58 Å². The van der Waals surface area contributed by atoms with Crippen molar-refractivity contribution in [3.8, 4) is 0 Å². The summed E-state index contributed by atoms with van der Waals surface area (Å²) in [7, 11) is 0. The van der Waals surface area contributed by atoms with Crippen molar-refractivity contribution in [2.75, 3.05) is 14.7 Å². The molecule has 0 radical (unpaired) electrons. The molecule has 0 aliphatic carbocycles. The van der Waals surface area contributed by atoms with E-state index < -0.39 is 0 Å². The van der Waals surface area contributed by atoms with Crippen LogP contribution >= 0.6 is 11.3 Å². The molecule has 0 spiro atoms. The number of fused-ring (bicyclic) bond motifs is 11. The molecular weight excluding hydrogens is 894 g/mol. The summed E-state index contributed by atoms with van der Waals surface area (Å²) in [4.78, 5) is 7.48. The molecule has 14 rings (SSSR count). The fourth-order valence-corrected chi connectivity index (χ4v) is 12.8. The quantitative estimate of drug-likeness (QED) is 0.160. The number of anilines is 9. The Kier molecular flexibility index (Phi) is 9.34. The molecule has 0 atom stereocenters. The van der Waals surface area contributed by atoms with Gasteiger partial charge in [0.2, 0.25) is 0 Å². The highest BCUT2D eigenvalue weighted by molar-refractivity contribution is 7.26. The number of furan rings is 1. The molecule has 346 valence electrons. The van der Waals surface area contributed by atoms with Crippen LogP contribution in [0.4, 0.5) is 51.2 Å². The molecular formula is C66H52BN3OS. The van der Waals surface area contributed by atoms with Gasteiger partial charge in [-0.15, -0.1) is 11.3 Å². The van der Waals surface area contributed by atoms with Crippen molar-refractivity contribution in [1.82, 2.24) is 0 Å². The zero-order valence-corrected chi connectivity index (χ0v) is 42.2. The average molecular weight is 946 g/mol. The van der Waals surface area contributed by atoms with Crippen LogP contribution in [-0.4, -0.2) is 6.71 Å². The molecule has 12 aromatic rings. The van der Waals surface area contributed by atoms with Crippen molar-refractivity contribution in [1.29, 1.82) is 0 Å². The van der Waals surface area contributed by atoms with E-state index in [1.807, 2.05) is 11.3 Å². The van der Waals surface area contributed by atoms with Gasteiger partial charge in [-0.25, -0.2) is 0 Å². The summed E-state index contributed by atoms with van der Waals surface area (Å²) in [6.07, 6.45) is 0. The number of rotatable bonds is 5. The molecule has 0 bridgehead atoms. The lowest BCUT2D eigenvalue weighted by Crippen LogP contribution is -2.61. The van der Waals surface area contributed by atoms with E-state index in [9.17, 15) is 0 Å². The molecule has 6 heteroatoms. The molecule has 0 unspecified atom stereocenters. The van der Waals surface area contributed by atoms with E-state index in [-0.39, 0.29) is 17.5 Å². The van der Waals surface area contributed by atoms with Gasteiger partial charge in [0.05, 0.1) is 5.69 Å². The van der Waals surface area contributed by atoms with E-state index in [0.29, 0.717) is 0 Å².